The highest BCUT2D eigenvalue weighted by Gasteiger charge is 2.36. The van der Waals surface area contributed by atoms with Gasteiger partial charge in [0, 0.05) is 29.1 Å². The molecule has 0 aliphatic rings. The van der Waals surface area contributed by atoms with Gasteiger partial charge in [0.05, 0.1) is 6.61 Å². The zero-order valence-corrected chi connectivity index (χ0v) is 18.0. The third-order valence-corrected chi connectivity index (χ3v) is 4.72. The van der Waals surface area contributed by atoms with Crippen molar-refractivity contribution in [3.8, 4) is 5.75 Å². The molecule has 0 saturated carbocycles. The molecular formula is C21H20BrF3N4O. The second kappa shape index (κ2) is 9.34. The van der Waals surface area contributed by atoms with Gasteiger partial charge in [-0.05, 0) is 55.0 Å². The molecule has 0 atom stereocenters. The van der Waals surface area contributed by atoms with E-state index in [2.05, 4.69) is 31.2 Å². The summed E-state index contributed by atoms with van der Waals surface area (Å²) in [6.45, 7) is 2.57. The number of benzene rings is 2. The highest BCUT2D eigenvalue weighted by Crippen LogP contribution is 2.38. The minimum Gasteiger partial charge on any atom is -0.494 e. The van der Waals surface area contributed by atoms with Crippen molar-refractivity contribution in [1.29, 1.82) is 0 Å². The van der Waals surface area contributed by atoms with E-state index < -0.39 is 11.7 Å². The summed E-state index contributed by atoms with van der Waals surface area (Å²) in [7, 11) is 1.53. The lowest BCUT2D eigenvalue weighted by molar-refractivity contribution is -0.137. The van der Waals surface area contributed by atoms with Crippen molar-refractivity contribution in [1.82, 2.24) is 9.97 Å². The topological polar surface area (TPSA) is 50.3 Å². The number of hydrogen-bond acceptors (Lipinski definition) is 5. The smallest absolute Gasteiger partial charge is 0.421 e. The maximum atomic E-state index is 13.6. The lowest BCUT2D eigenvalue weighted by atomic mass is 10.2. The summed E-state index contributed by atoms with van der Waals surface area (Å²) in [6.07, 6.45) is -2.94. The maximum absolute atomic E-state index is 13.6. The zero-order chi connectivity index (χ0) is 21.7. The normalized spacial score (nSPS) is 11.3. The molecule has 9 heteroatoms. The van der Waals surface area contributed by atoms with E-state index >= 15 is 0 Å². The predicted molar refractivity (Wildman–Crippen MR) is 115 cm³/mol. The Morgan fingerprint density at radius 1 is 1.07 bits per heavy atom. The Morgan fingerprint density at radius 3 is 2.33 bits per heavy atom. The molecule has 30 heavy (non-hydrogen) atoms. The van der Waals surface area contributed by atoms with Crippen molar-refractivity contribution < 1.29 is 17.9 Å². The number of halogens is 4. The molecule has 0 saturated heterocycles. The van der Waals surface area contributed by atoms with E-state index in [0.717, 1.165) is 17.1 Å². The fourth-order valence-corrected chi connectivity index (χ4v) is 2.92. The van der Waals surface area contributed by atoms with E-state index in [0.29, 0.717) is 23.7 Å². The second-order valence-corrected chi connectivity index (χ2v) is 7.38. The van der Waals surface area contributed by atoms with Crippen molar-refractivity contribution >= 4 is 39.1 Å². The van der Waals surface area contributed by atoms with Crippen LogP contribution in [0.15, 0.2) is 59.2 Å². The minimum absolute atomic E-state index is 0.0649. The number of nitrogens with one attached hydrogen (secondary N) is 1. The Morgan fingerprint density at radius 2 is 1.73 bits per heavy atom. The summed E-state index contributed by atoms with van der Waals surface area (Å²) in [5, 5.41) is 2.93. The molecule has 3 aromatic rings. The number of ether oxygens (including phenoxy) is 1. The van der Waals surface area contributed by atoms with Gasteiger partial charge in [-0.2, -0.15) is 18.2 Å². The molecule has 1 N–H and O–H groups in total. The average molecular weight is 481 g/mol. The lowest BCUT2D eigenvalue weighted by Gasteiger charge is -2.23. The van der Waals surface area contributed by atoms with Crippen molar-refractivity contribution in [3.05, 3.63) is 64.8 Å². The van der Waals surface area contributed by atoms with Crippen LogP contribution in [-0.2, 0) is 6.18 Å². The molecule has 0 aliphatic carbocycles. The van der Waals surface area contributed by atoms with Crippen LogP contribution < -0.4 is 15.0 Å². The third kappa shape index (κ3) is 5.41. The molecule has 3 rings (SSSR count). The van der Waals surface area contributed by atoms with Crippen molar-refractivity contribution in [3.63, 3.8) is 0 Å². The number of anilines is 4. The monoisotopic (exact) mass is 480 g/mol. The van der Waals surface area contributed by atoms with E-state index in [9.17, 15) is 13.2 Å². The van der Waals surface area contributed by atoms with Gasteiger partial charge in [-0.3, -0.25) is 0 Å². The third-order valence-electron chi connectivity index (χ3n) is 4.19. The summed E-state index contributed by atoms with van der Waals surface area (Å²) < 4.78 is 47.1. The zero-order valence-electron chi connectivity index (χ0n) is 16.4. The number of alkyl halides is 3. The first-order valence-corrected chi connectivity index (χ1v) is 10.0. The van der Waals surface area contributed by atoms with Gasteiger partial charge in [-0.1, -0.05) is 22.9 Å². The predicted octanol–water partition coefficient (Wildman–Crippen LogP) is 6.56. The van der Waals surface area contributed by atoms with Gasteiger partial charge >= 0.3 is 6.18 Å². The minimum atomic E-state index is -4.59. The Labute approximate surface area is 181 Å². The van der Waals surface area contributed by atoms with Gasteiger partial charge < -0.3 is 15.0 Å². The van der Waals surface area contributed by atoms with Crippen LogP contribution in [0.5, 0.6) is 5.75 Å². The molecule has 0 bridgehead atoms. The molecule has 1 aromatic heterocycles. The van der Waals surface area contributed by atoms with Gasteiger partial charge in [0.2, 0.25) is 5.95 Å². The van der Waals surface area contributed by atoms with Crippen LogP contribution in [-0.4, -0.2) is 23.6 Å². The van der Waals surface area contributed by atoms with Gasteiger partial charge in [-0.25, -0.2) is 4.98 Å². The first kappa shape index (κ1) is 21.9. The lowest BCUT2D eigenvalue weighted by Crippen LogP contribution is -2.19. The molecule has 5 nitrogen and oxygen atoms in total. The van der Waals surface area contributed by atoms with Crippen LogP contribution in [0.25, 0.3) is 0 Å². The van der Waals surface area contributed by atoms with Crippen molar-refractivity contribution in [2.24, 2.45) is 0 Å². The Kier molecular flexibility index (Phi) is 6.81. The molecule has 0 unspecified atom stereocenters. The second-order valence-electron chi connectivity index (χ2n) is 6.46. The first-order valence-electron chi connectivity index (χ1n) is 9.21. The fraction of sp³-hybridized carbons (Fsp3) is 0.238. The molecule has 0 fully saturated rings. The Bertz CT molecular complexity index is 979. The number of nitrogens with zero attached hydrogens (tertiary/aromatic N) is 3. The molecule has 158 valence electrons. The molecule has 0 aliphatic heterocycles. The first-order chi connectivity index (χ1) is 14.3. The quantitative estimate of drug-likeness (QED) is 0.414. The van der Waals surface area contributed by atoms with Crippen molar-refractivity contribution in [2.75, 3.05) is 23.9 Å². The molecule has 0 spiro atoms. The SMILES string of the molecule is CCCOc1ccc(N(C)c2nc(Nc3ccc(Br)cc3)ncc2C(F)(F)F)cc1. The molecular weight excluding hydrogens is 461 g/mol. The highest BCUT2D eigenvalue weighted by atomic mass is 79.9. The number of rotatable bonds is 7. The Hall–Kier alpha value is -2.81. The number of hydrogen-bond donors (Lipinski definition) is 1. The van der Waals surface area contributed by atoms with Gasteiger partial charge in [0.25, 0.3) is 0 Å². The molecule has 0 radical (unpaired) electrons. The summed E-state index contributed by atoms with van der Waals surface area (Å²) in [5.74, 6) is 0.472. The van der Waals surface area contributed by atoms with Gasteiger partial charge in [0.15, 0.2) is 5.82 Å². The average Bonchev–Trinajstić information content (AvgIpc) is 2.73. The molecule has 0 amide bonds. The largest absolute Gasteiger partial charge is 0.494 e. The molecule has 2 aromatic carbocycles. The van der Waals surface area contributed by atoms with Crippen LogP contribution in [0.2, 0.25) is 0 Å². The summed E-state index contributed by atoms with van der Waals surface area (Å²) in [5.41, 5.74) is 0.277. The van der Waals surface area contributed by atoms with Gasteiger partial charge in [-0.15, -0.1) is 0 Å². The van der Waals surface area contributed by atoms with Gasteiger partial charge in [0.1, 0.15) is 11.3 Å². The van der Waals surface area contributed by atoms with Crippen LogP contribution >= 0.6 is 15.9 Å². The fourth-order valence-electron chi connectivity index (χ4n) is 2.66. The van der Waals surface area contributed by atoms with Crippen LogP contribution in [0, 0.1) is 0 Å². The molecule has 1 heterocycles. The van der Waals surface area contributed by atoms with Crippen LogP contribution in [0.3, 0.4) is 0 Å². The summed E-state index contributed by atoms with van der Waals surface area (Å²) in [4.78, 5) is 9.37. The standard InChI is InChI=1S/C21H20BrF3N4O/c1-3-12-30-17-10-8-16(9-11-17)29(2)19-18(21(23,24)25)13-26-20(28-19)27-15-6-4-14(22)5-7-15/h4-11,13H,3,12H2,1-2H3,(H,26,27,28). The highest BCUT2D eigenvalue weighted by molar-refractivity contribution is 9.10. The van der Waals surface area contributed by atoms with Crippen LogP contribution in [0.4, 0.5) is 36.3 Å². The van der Waals surface area contributed by atoms with E-state index in [4.69, 9.17) is 4.74 Å². The maximum Gasteiger partial charge on any atom is 0.421 e. The van der Waals surface area contributed by atoms with Crippen LogP contribution in [0.1, 0.15) is 18.9 Å². The van der Waals surface area contributed by atoms with E-state index in [-0.39, 0.29) is 11.8 Å². The van der Waals surface area contributed by atoms with Crippen molar-refractivity contribution in [2.45, 2.75) is 19.5 Å². The van der Waals surface area contributed by atoms with E-state index in [1.807, 2.05) is 19.1 Å². The van der Waals surface area contributed by atoms with E-state index in [1.54, 1.807) is 36.4 Å². The Balaban J connectivity index is 1.92. The van der Waals surface area contributed by atoms with E-state index in [1.165, 1.54) is 11.9 Å². The summed E-state index contributed by atoms with van der Waals surface area (Å²) >= 11 is 3.34. The summed E-state index contributed by atoms with van der Waals surface area (Å²) in [6, 6.07) is 14.0. The number of aromatic nitrogens is 2.